The smallest absolute Gasteiger partial charge is 0.00747 e. The van der Waals surface area contributed by atoms with Crippen LogP contribution in [0.1, 0.15) is 0 Å². The van der Waals surface area contributed by atoms with Gasteiger partial charge in [-0.1, -0.05) is 107 Å². The summed E-state index contributed by atoms with van der Waals surface area (Å²) in [5.41, 5.74) is 0. The van der Waals surface area contributed by atoms with Crippen LogP contribution in [0.25, 0.3) is 0 Å². The molecular formula is C19H17SiZr-. The van der Waals surface area contributed by atoms with Crippen LogP contribution in [0.15, 0.2) is 91.0 Å². The van der Waals surface area contributed by atoms with Gasteiger partial charge in [-0.2, -0.15) is 0 Å². The number of benzene rings is 3. The molecular weight excluding hydrogens is 348 g/mol. The van der Waals surface area contributed by atoms with Crippen molar-refractivity contribution in [2.45, 2.75) is 0 Å². The summed E-state index contributed by atoms with van der Waals surface area (Å²) < 4.78 is 0. The van der Waals surface area contributed by atoms with Crippen LogP contribution < -0.4 is 15.6 Å². The standard InChI is InChI=1S/C19H17Si.Zr/c1-20(17-11-5-2-6-12-17,18-13-7-3-8-14-18)19-15-9-4-10-16-19;/h2-16H,1H2;/q-1;. The van der Waals surface area contributed by atoms with Crippen LogP contribution in [0.4, 0.5) is 0 Å². The fraction of sp³-hybridized carbons (Fsp3) is 0. The third-order valence-corrected chi connectivity index (χ3v) is 7.76. The Bertz CT molecular complexity index is 569. The molecule has 0 bridgehead atoms. The van der Waals surface area contributed by atoms with Gasteiger partial charge >= 0.3 is 0 Å². The minimum atomic E-state index is -2.13. The van der Waals surface area contributed by atoms with Crippen LogP contribution in [0.3, 0.4) is 0 Å². The summed E-state index contributed by atoms with van der Waals surface area (Å²) in [7, 11) is -2.13. The van der Waals surface area contributed by atoms with E-state index in [1.54, 1.807) is 0 Å². The van der Waals surface area contributed by atoms with Crippen molar-refractivity contribution in [1.29, 1.82) is 0 Å². The van der Waals surface area contributed by atoms with Crippen LogP contribution >= 0.6 is 0 Å². The van der Waals surface area contributed by atoms with Gasteiger partial charge in [0.25, 0.3) is 0 Å². The van der Waals surface area contributed by atoms with E-state index in [4.69, 9.17) is 6.55 Å². The molecule has 0 nitrogen and oxygen atoms in total. The van der Waals surface area contributed by atoms with Gasteiger partial charge in [-0.15, -0.1) is 0 Å². The molecule has 0 aliphatic carbocycles. The molecule has 0 saturated heterocycles. The third-order valence-electron chi connectivity index (χ3n) is 3.80. The van der Waals surface area contributed by atoms with Gasteiger partial charge in [0.2, 0.25) is 0 Å². The zero-order chi connectivity index (χ0) is 13.8. The van der Waals surface area contributed by atoms with Crippen molar-refractivity contribution in [2.75, 3.05) is 0 Å². The summed E-state index contributed by atoms with van der Waals surface area (Å²) in [6, 6.07) is 32.1. The molecule has 0 radical (unpaired) electrons. The van der Waals surface area contributed by atoms with Gasteiger partial charge in [0.1, 0.15) is 0 Å². The average Bonchev–Trinajstić information content (AvgIpc) is 2.56. The normalized spacial score (nSPS) is 10.7. The third kappa shape index (κ3) is 3.17. The first-order valence-electron chi connectivity index (χ1n) is 6.84. The van der Waals surface area contributed by atoms with Crippen LogP contribution in [-0.4, -0.2) is 8.07 Å². The Labute approximate surface area is 147 Å². The second-order valence-electron chi connectivity index (χ2n) is 5.00. The van der Waals surface area contributed by atoms with Gasteiger partial charge in [0.15, 0.2) is 0 Å². The van der Waals surface area contributed by atoms with E-state index in [1.807, 2.05) is 0 Å². The van der Waals surface area contributed by atoms with Gasteiger partial charge in [-0.25, -0.2) is 0 Å². The summed E-state index contributed by atoms with van der Waals surface area (Å²) in [5.74, 6) is 0. The quantitative estimate of drug-likeness (QED) is 0.381. The Balaban J connectivity index is 0.00000161. The van der Waals surface area contributed by atoms with E-state index in [-0.39, 0.29) is 26.2 Å². The van der Waals surface area contributed by atoms with E-state index in [0.29, 0.717) is 0 Å². The maximum atomic E-state index is 4.72. The average molecular weight is 365 g/mol. The predicted octanol–water partition coefficient (Wildman–Crippen LogP) is 2.53. The molecule has 0 atom stereocenters. The number of hydrogen-bond donors (Lipinski definition) is 0. The zero-order valence-corrected chi connectivity index (χ0v) is 15.3. The zero-order valence-electron chi connectivity index (χ0n) is 11.9. The molecule has 3 aromatic rings. The topological polar surface area (TPSA) is 0 Å². The fourth-order valence-corrected chi connectivity index (χ4v) is 5.95. The minimum Gasteiger partial charge on any atom is -0.329 e. The van der Waals surface area contributed by atoms with Crippen molar-refractivity contribution in [3.05, 3.63) is 97.5 Å². The van der Waals surface area contributed by atoms with Crippen molar-refractivity contribution >= 4 is 23.6 Å². The van der Waals surface area contributed by atoms with E-state index < -0.39 is 8.07 Å². The van der Waals surface area contributed by atoms with Crippen LogP contribution in [-0.2, 0) is 26.2 Å². The van der Waals surface area contributed by atoms with Gasteiger partial charge in [0, 0.05) is 34.3 Å². The Morgan fingerprint density at radius 3 is 0.952 bits per heavy atom. The molecule has 0 aliphatic rings. The molecule has 21 heavy (non-hydrogen) atoms. The molecule has 0 spiro atoms. The SMILES string of the molecule is [CH2-][Si](c1ccccc1)(c1ccccc1)c1ccccc1.[Zr]. The molecule has 0 saturated carbocycles. The minimum absolute atomic E-state index is 0. The summed E-state index contributed by atoms with van der Waals surface area (Å²) >= 11 is 0. The largest absolute Gasteiger partial charge is 0.329 e. The molecule has 0 heterocycles. The second kappa shape index (κ2) is 7.15. The van der Waals surface area contributed by atoms with Crippen molar-refractivity contribution in [2.24, 2.45) is 0 Å². The predicted molar refractivity (Wildman–Crippen MR) is 89.3 cm³/mol. The van der Waals surface area contributed by atoms with E-state index in [9.17, 15) is 0 Å². The Morgan fingerprint density at radius 1 is 0.476 bits per heavy atom. The number of rotatable bonds is 3. The monoisotopic (exact) mass is 363 g/mol. The summed E-state index contributed by atoms with van der Waals surface area (Å²) in [5, 5.41) is 4.03. The molecule has 0 aliphatic heterocycles. The molecule has 0 unspecified atom stereocenters. The summed E-state index contributed by atoms with van der Waals surface area (Å²) in [6.45, 7) is 4.72. The first kappa shape index (κ1) is 16.1. The van der Waals surface area contributed by atoms with Gasteiger partial charge < -0.3 is 6.55 Å². The molecule has 0 aromatic heterocycles. The van der Waals surface area contributed by atoms with Crippen LogP contribution in [0.5, 0.6) is 0 Å². The van der Waals surface area contributed by atoms with E-state index in [1.165, 1.54) is 15.6 Å². The van der Waals surface area contributed by atoms with Gasteiger partial charge in [0.05, 0.1) is 0 Å². The molecule has 0 N–H and O–H groups in total. The summed E-state index contributed by atoms with van der Waals surface area (Å²) in [6.07, 6.45) is 0. The van der Waals surface area contributed by atoms with Crippen LogP contribution in [0.2, 0.25) is 0 Å². The molecule has 0 fully saturated rings. The van der Waals surface area contributed by atoms with Crippen LogP contribution in [0, 0.1) is 6.55 Å². The van der Waals surface area contributed by atoms with Gasteiger partial charge in [-0.05, 0) is 0 Å². The van der Waals surface area contributed by atoms with Crippen molar-refractivity contribution in [1.82, 2.24) is 0 Å². The maximum absolute atomic E-state index is 4.72. The number of hydrogen-bond acceptors (Lipinski definition) is 0. The molecule has 0 amide bonds. The van der Waals surface area contributed by atoms with E-state index in [0.717, 1.165) is 0 Å². The van der Waals surface area contributed by atoms with E-state index in [2.05, 4.69) is 91.0 Å². The maximum Gasteiger partial charge on any atom is 0.00747 e. The van der Waals surface area contributed by atoms with Crippen molar-refractivity contribution in [3.8, 4) is 0 Å². The second-order valence-corrected chi connectivity index (χ2v) is 8.55. The molecule has 3 aromatic carbocycles. The first-order chi connectivity index (χ1) is 9.82. The Morgan fingerprint density at radius 2 is 0.714 bits per heavy atom. The Kier molecular flexibility index (Phi) is 5.50. The molecule has 2 heteroatoms. The molecule has 3 rings (SSSR count). The fourth-order valence-electron chi connectivity index (χ4n) is 2.67. The first-order valence-corrected chi connectivity index (χ1v) is 9.04. The summed E-state index contributed by atoms with van der Waals surface area (Å²) in [4.78, 5) is 0. The van der Waals surface area contributed by atoms with Crippen molar-refractivity contribution < 1.29 is 26.2 Å². The van der Waals surface area contributed by atoms with Crippen molar-refractivity contribution in [3.63, 3.8) is 0 Å². The van der Waals surface area contributed by atoms with Gasteiger partial charge in [-0.3, -0.25) is 0 Å². The van der Waals surface area contributed by atoms with E-state index >= 15 is 0 Å². The Hall–Kier alpha value is -1.24. The molecule has 102 valence electrons.